The molecule has 1 aromatic rings. The fourth-order valence-corrected chi connectivity index (χ4v) is 0.782. The first-order chi connectivity index (χ1) is 6.22. The molecule has 0 spiro atoms. The SMILES string of the molecule is CC(=NO)NOc1ccc(Cl)cc1. The molecule has 1 rings (SSSR count). The fraction of sp³-hybridized carbons (Fsp3) is 0.125. The van der Waals surface area contributed by atoms with E-state index in [0.29, 0.717) is 10.8 Å². The van der Waals surface area contributed by atoms with Crippen molar-refractivity contribution in [3.05, 3.63) is 29.3 Å². The lowest BCUT2D eigenvalue weighted by Gasteiger charge is -2.05. The molecule has 0 saturated carbocycles. The maximum absolute atomic E-state index is 8.28. The van der Waals surface area contributed by atoms with Crippen molar-refractivity contribution in [1.29, 1.82) is 0 Å². The van der Waals surface area contributed by atoms with Crippen molar-refractivity contribution in [1.82, 2.24) is 5.48 Å². The van der Waals surface area contributed by atoms with Gasteiger partial charge in [0.25, 0.3) is 0 Å². The van der Waals surface area contributed by atoms with Gasteiger partial charge < -0.3 is 10.0 Å². The van der Waals surface area contributed by atoms with Crippen LogP contribution in [-0.2, 0) is 0 Å². The Morgan fingerprint density at radius 3 is 2.62 bits per heavy atom. The highest BCUT2D eigenvalue weighted by Crippen LogP contribution is 2.14. The van der Waals surface area contributed by atoms with Crippen LogP contribution in [0.25, 0.3) is 0 Å². The number of hydrogen-bond acceptors (Lipinski definition) is 3. The van der Waals surface area contributed by atoms with Gasteiger partial charge in [0.05, 0.1) is 0 Å². The molecule has 5 heteroatoms. The van der Waals surface area contributed by atoms with Crippen LogP contribution in [-0.4, -0.2) is 11.0 Å². The monoisotopic (exact) mass is 200 g/mol. The van der Waals surface area contributed by atoms with E-state index < -0.39 is 0 Å². The maximum Gasteiger partial charge on any atom is 0.172 e. The molecule has 70 valence electrons. The lowest BCUT2D eigenvalue weighted by Crippen LogP contribution is -2.24. The predicted octanol–water partition coefficient (Wildman–Crippen LogP) is 2.03. The number of benzene rings is 1. The van der Waals surface area contributed by atoms with Crippen LogP contribution in [0.1, 0.15) is 6.92 Å². The van der Waals surface area contributed by atoms with Crippen LogP contribution in [0, 0.1) is 0 Å². The molecule has 4 nitrogen and oxygen atoms in total. The highest BCUT2D eigenvalue weighted by Gasteiger charge is 1.94. The van der Waals surface area contributed by atoms with Crippen molar-refractivity contribution in [3.8, 4) is 5.75 Å². The number of nitrogens with zero attached hydrogens (tertiary/aromatic N) is 1. The lowest BCUT2D eigenvalue weighted by atomic mass is 10.3. The Morgan fingerprint density at radius 1 is 1.46 bits per heavy atom. The highest BCUT2D eigenvalue weighted by molar-refractivity contribution is 6.30. The third kappa shape index (κ3) is 3.21. The molecule has 13 heavy (non-hydrogen) atoms. The summed E-state index contributed by atoms with van der Waals surface area (Å²) in [6, 6.07) is 6.79. The molecule has 0 aliphatic carbocycles. The van der Waals surface area contributed by atoms with Gasteiger partial charge in [-0.2, -0.15) is 0 Å². The average Bonchev–Trinajstić information content (AvgIpc) is 2.16. The highest BCUT2D eigenvalue weighted by atomic mass is 35.5. The molecule has 0 aliphatic rings. The summed E-state index contributed by atoms with van der Waals surface area (Å²) in [5, 5.41) is 11.8. The Bertz CT molecular complexity index is 298. The summed E-state index contributed by atoms with van der Waals surface area (Å²) in [6.07, 6.45) is 0. The number of hydrogen-bond donors (Lipinski definition) is 2. The minimum atomic E-state index is 0.273. The van der Waals surface area contributed by atoms with E-state index in [0.717, 1.165) is 0 Å². The van der Waals surface area contributed by atoms with Gasteiger partial charge in [0, 0.05) is 5.02 Å². The molecular weight excluding hydrogens is 192 g/mol. The van der Waals surface area contributed by atoms with Crippen molar-refractivity contribution >= 4 is 17.4 Å². The minimum absolute atomic E-state index is 0.273. The molecule has 0 unspecified atom stereocenters. The molecule has 0 bridgehead atoms. The van der Waals surface area contributed by atoms with Crippen molar-refractivity contribution in [3.63, 3.8) is 0 Å². The van der Waals surface area contributed by atoms with Crippen molar-refractivity contribution in [2.24, 2.45) is 5.16 Å². The topological polar surface area (TPSA) is 53.9 Å². The summed E-state index contributed by atoms with van der Waals surface area (Å²) in [5.41, 5.74) is 2.42. The van der Waals surface area contributed by atoms with E-state index >= 15 is 0 Å². The average molecular weight is 201 g/mol. The third-order valence-electron chi connectivity index (χ3n) is 1.28. The van der Waals surface area contributed by atoms with E-state index in [9.17, 15) is 0 Å². The normalized spacial score (nSPS) is 11.1. The van der Waals surface area contributed by atoms with E-state index in [1.807, 2.05) is 0 Å². The molecule has 1 aromatic carbocycles. The molecular formula is C8H9ClN2O2. The summed E-state index contributed by atoms with van der Waals surface area (Å²) in [4.78, 5) is 5.01. The van der Waals surface area contributed by atoms with Gasteiger partial charge >= 0.3 is 0 Å². The van der Waals surface area contributed by atoms with Crippen LogP contribution in [0.3, 0.4) is 0 Å². The van der Waals surface area contributed by atoms with Gasteiger partial charge in [0.15, 0.2) is 11.6 Å². The lowest BCUT2D eigenvalue weighted by molar-refractivity contribution is 0.246. The van der Waals surface area contributed by atoms with Crippen LogP contribution >= 0.6 is 11.6 Å². The molecule has 0 amide bonds. The van der Waals surface area contributed by atoms with Gasteiger partial charge in [0.1, 0.15) is 0 Å². The Kier molecular flexibility index (Phi) is 3.40. The maximum atomic E-state index is 8.28. The standard InChI is InChI=1S/C8H9ClN2O2/c1-6(10-12)11-13-8-4-2-7(9)3-5-8/h2-5,12H,1H3,(H,10,11). The zero-order valence-corrected chi connectivity index (χ0v) is 7.75. The van der Waals surface area contributed by atoms with Crippen LogP contribution in [0.2, 0.25) is 5.02 Å². The fourth-order valence-electron chi connectivity index (χ4n) is 0.656. The number of halogens is 1. The summed E-state index contributed by atoms with van der Waals surface area (Å²) in [5.74, 6) is 0.863. The molecule has 2 N–H and O–H groups in total. The second kappa shape index (κ2) is 4.57. The molecule has 0 fully saturated rings. The van der Waals surface area contributed by atoms with E-state index in [-0.39, 0.29) is 5.84 Å². The first kappa shape index (κ1) is 9.67. The van der Waals surface area contributed by atoms with Crippen molar-refractivity contribution in [2.75, 3.05) is 0 Å². The number of nitrogens with one attached hydrogen (secondary N) is 1. The third-order valence-corrected chi connectivity index (χ3v) is 1.53. The molecule has 0 atom stereocenters. The minimum Gasteiger partial charge on any atom is -0.409 e. The summed E-state index contributed by atoms with van der Waals surface area (Å²) < 4.78 is 0. The molecule has 0 heterocycles. The molecule has 0 radical (unpaired) electrons. The first-order valence-corrected chi connectivity index (χ1v) is 3.97. The van der Waals surface area contributed by atoms with E-state index in [1.54, 1.807) is 31.2 Å². The number of oxime groups is 1. The van der Waals surface area contributed by atoms with Crippen LogP contribution in [0.15, 0.2) is 29.4 Å². The largest absolute Gasteiger partial charge is 0.409 e. The smallest absolute Gasteiger partial charge is 0.172 e. The Hall–Kier alpha value is -1.42. The van der Waals surface area contributed by atoms with Gasteiger partial charge in [-0.05, 0) is 31.2 Å². The second-order valence-corrected chi connectivity index (χ2v) is 2.78. The van der Waals surface area contributed by atoms with Gasteiger partial charge in [-0.15, -0.1) is 0 Å². The van der Waals surface area contributed by atoms with Crippen molar-refractivity contribution in [2.45, 2.75) is 6.92 Å². The summed E-state index contributed by atoms with van der Waals surface area (Å²) in [7, 11) is 0. The quantitative estimate of drug-likeness (QED) is 0.333. The first-order valence-electron chi connectivity index (χ1n) is 3.59. The van der Waals surface area contributed by atoms with Crippen LogP contribution in [0.5, 0.6) is 5.75 Å². The number of rotatable bonds is 2. The Morgan fingerprint density at radius 2 is 2.08 bits per heavy atom. The summed E-state index contributed by atoms with van der Waals surface area (Å²) in [6.45, 7) is 1.57. The van der Waals surface area contributed by atoms with E-state index in [2.05, 4.69) is 10.6 Å². The zero-order valence-electron chi connectivity index (χ0n) is 6.99. The molecule has 0 aliphatic heterocycles. The number of amidine groups is 1. The Labute approximate surface area is 80.7 Å². The summed E-state index contributed by atoms with van der Waals surface area (Å²) >= 11 is 5.66. The Balaban J connectivity index is 2.51. The molecule has 0 aromatic heterocycles. The molecule has 0 saturated heterocycles. The predicted molar refractivity (Wildman–Crippen MR) is 50.1 cm³/mol. The van der Waals surface area contributed by atoms with E-state index in [4.69, 9.17) is 21.6 Å². The zero-order chi connectivity index (χ0) is 9.68. The van der Waals surface area contributed by atoms with E-state index in [1.165, 1.54) is 0 Å². The van der Waals surface area contributed by atoms with Gasteiger partial charge in [0.2, 0.25) is 0 Å². The van der Waals surface area contributed by atoms with Gasteiger partial charge in [-0.1, -0.05) is 16.8 Å². The van der Waals surface area contributed by atoms with Gasteiger partial charge in [-0.25, -0.2) is 5.48 Å². The second-order valence-electron chi connectivity index (χ2n) is 2.34. The van der Waals surface area contributed by atoms with Crippen LogP contribution < -0.4 is 10.3 Å². The van der Waals surface area contributed by atoms with Gasteiger partial charge in [-0.3, -0.25) is 0 Å². The number of hydroxylamine groups is 1. The van der Waals surface area contributed by atoms with Crippen LogP contribution in [0.4, 0.5) is 0 Å². The van der Waals surface area contributed by atoms with Crippen molar-refractivity contribution < 1.29 is 10.0 Å².